The van der Waals surface area contributed by atoms with Gasteiger partial charge in [0.05, 0.1) is 17.3 Å². The van der Waals surface area contributed by atoms with E-state index in [2.05, 4.69) is 31.2 Å². The molecule has 1 aliphatic carbocycles. The first-order valence-corrected chi connectivity index (χ1v) is 8.42. The van der Waals surface area contributed by atoms with Gasteiger partial charge < -0.3 is 10.4 Å². The summed E-state index contributed by atoms with van der Waals surface area (Å²) < 4.78 is 1.77. The van der Waals surface area contributed by atoms with E-state index in [-0.39, 0.29) is 23.0 Å². The molecule has 2 aromatic rings. The fraction of sp³-hybridized carbons (Fsp3) is 0.474. The largest absolute Gasteiger partial charge is 0.506 e. The van der Waals surface area contributed by atoms with E-state index in [0.717, 1.165) is 36.1 Å². The van der Waals surface area contributed by atoms with Gasteiger partial charge in [0.15, 0.2) is 0 Å². The lowest BCUT2D eigenvalue weighted by molar-refractivity contribution is -0.117. The smallest absolute Gasteiger partial charge is 0.232 e. The third-order valence-electron chi connectivity index (χ3n) is 4.66. The molecule has 2 N–H and O–H groups in total. The van der Waals surface area contributed by atoms with Crippen LogP contribution in [0.1, 0.15) is 56.4 Å². The van der Waals surface area contributed by atoms with Crippen molar-refractivity contribution in [2.24, 2.45) is 7.05 Å². The number of carbonyl (C=O) groups excluding carboxylic acids is 1. The van der Waals surface area contributed by atoms with Gasteiger partial charge in [-0.2, -0.15) is 5.10 Å². The summed E-state index contributed by atoms with van der Waals surface area (Å²) in [6.07, 6.45) is 4.62. The Kier molecular flexibility index (Phi) is 4.11. The molecule has 0 fully saturated rings. The molecule has 0 saturated carbocycles. The Balaban J connectivity index is 1.81. The van der Waals surface area contributed by atoms with Crippen LogP contribution in [0.25, 0.3) is 0 Å². The molecule has 0 radical (unpaired) electrons. The lowest BCUT2D eigenvalue weighted by Gasteiger charge is -2.22. The highest BCUT2D eigenvalue weighted by Gasteiger charge is 2.29. The van der Waals surface area contributed by atoms with Crippen LogP contribution in [-0.4, -0.2) is 20.8 Å². The number of aromatic hydroxyl groups is 1. The number of fused-ring (bicyclic) bond motifs is 1. The van der Waals surface area contributed by atoms with Crippen LogP contribution in [0.5, 0.6) is 5.75 Å². The first-order valence-electron chi connectivity index (χ1n) is 8.42. The third kappa shape index (κ3) is 3.16. The quantitative estimate of drug-likeness (QED) is 0.830. The van der Waals surface area contributed by atoms with Crippen molar-refractivity contribution in [1.29, 1.82) is 0 Å². The molecule has 5 nitrogen and oxygen atoms in total. The van der Waals surface area contributed by atoms with Crippen LogP contribution in [0.2, 0.25) is 0 Å². The minimum atomic E-state index is -0.204. The van der Waals surface area contributed by atoms with Gasteiger partial charge in [0.25, 0.3) is 0 Å². The number of aryl methyl sites for hydroxylation is 2. The highest BCUT2D eigenvalue weighted by molar-refractivity contribution is 5.97. The Morgan fingerprint density at radius 1 is 1.38 bits per heavy atom. The minimum absolute atomic E-state index is 0.0476. The summed E-state index contributed by atoms with van der Waals surface area (Å²) >= 11 is 0. The van der Waals surface area contributed by atoms with Gasteiger partial charge in [0.2, 0.25) is 5.91 Å². The van der Waals surface area contributed by atoms with Gasteiger partial charge in [0, 0.05) is 18.8 Å². The Labute approximate surface area is 142 Å². The second kappa shape index (κ2) is 5.96. The number of nitrogens with zero attached hydrogens (tertiary/aromatic N) is 2. The molecule has 0 unspecified atom stereocenters. The molecule has 0 aliphatic heterocycles. The zero-order valence-electron chi connectivity index (χ0n) is 14.8. The first kappa shape index (κ1) is 16.6. The molecule has 3 rings (SSSR count). The van der Waals surface area contributed by atoms with Crippen molar-refractivity contribution in [2.45, 2.75) is 51.4 Å². The summed E-state index contributed by atoms with van der Waals surface area (Å²) in [5.74, 6) is -0.176. The Morgan fingerprint density at radius 2 is 2.12 bits per heavy atom. The van der Waals surface area contributed by atoms with Crippen LogP contribution in [0.3, 0.4) is 0 Å². The number of rotatable bonds is 2. The third-order valence-corrected chi connectivity index (χ3v) is 4.66. The van der Waals surface area contributed by atoms with Crippen LogP contribution in [0, 0.1) is 0 Å². The molecule has 1 aromatic heterocycles. The number of benzene rings is 1. The Bertz CT molecular complexity index is 771. The Hall–Kier alpha value is -2.30. The number of hydrogen-bond donors (Lipinski definition) is 2. The number of carbonyl (C=O) groups is 1. The molecule has 128 valence electrons. The normalized spacial score (nSPS) is 17.4. The highest BCUT2D eigenvalue weighted by atomic mass is 16.3. The lowest BCUT2D eigenvalue weighted by Crippen LogP contribution is -2.24. The summed E-state index contributed by atoms with van der Waals surface area (Å²) in [5.41, 5.74) is 3.46. The van der Waals surface area contributed by atoms with Crippen LogP contribution in [0.4, 0.5) is 5.69 Å². The SMILES string of the molecule is Cn1cc2c(n1)CCC[C@H]2C(=O)Nc1ccc(C(C)(C)C)cc1O. The summed E-state index contributed by atoms with van der Waals surface area (Å²) in [5, 5.41) is 17.6. The van der Waals surface area contributed by atoms with Crippen LogP contribution < -0.4 is 5.32 Å². The monoisotopic (exact) mass is 327 g/mol. The minimum Gasteiger partial charge on any atom is -0.506 e. The van der Waals surface area contributed by atoms with E-state index in [4.69, 9.17) is 0 Å². The number of amides is 1. The molecule has 1 aliphatic rings. The number of phenolic OH excluding ortho intramolecular Hbond substituents is 1. The van der Waals surface area contributed by atoms with Crippen molar-refractivity contribution in [3.8, 4) is 5.75 Å². The number of phenols is 1. The molecule has 1 aromatic carbocycles. The van der Waals surface area contributed by atoms with Crippen molar-refractivity contribution < 1.29 is 9.90 Å². The lowest BCUT2D eigenvalue weighted by atomic mass is 9.86. The molecule has 0 bridgehead atoms. The topological polar surface area (TPSA) is 67.2 Å². The van der Waals surface area contributed by atoms with Crippen molar-refractivity contribution in [2.75, 3.05) is 5.32 Å². The standard InChI is InChI=1S/C19H25N3O2/c1-19(2,3)12-8-9-16(17(23)10-12)20-18(24)13-6-5-7-15-14(13)11-22(4)21-15/h8-11,13,23H,5-7H2,1-4H3,(H,20,24)/t13-/m1/s1. The molecular weight excluding hydrogens is 302 g/mol. The molecular formula is C19H25N3O2. The van der Waals surface area contributed by atoms with E-state index < -0.39 is 0 Å². The van der Waals surface area contributed by atoms with Gasteiger partial charge in [-0.05, 0) is 42.4 Å². The number of aromatic nitrogens is 2. The average Bonchev–Trinajstić information content (AvgIpc) is 2.88. The van der Waals surface area contributed by atoms with Gasteiger partial charge in [-0.1, -0.05) is 26.8 Å². The maximum Gasteiger partial charge on any atom is 0.232 e. The number of anilines is 1. The van der Waals surface area contributed by atoms with Crippen LogP contribution in [0.15, 0.2) is 24.4 Å². The van der Waals surface area contributed by atoms with E-state index in [9.17, 15) is 9.90 Å². The molecule has 5 heteroatoms. The number of hydrogen-bond acceptors (Lipinski definition) is 3. The van der Waals surface area contributed by atoms with Gasteiger partial charge in [-0.3, -0.25) is 9.48 Å². The van der Waals surface area contributed by atoms with E-state index >= 15 is 0 Å². The predicted molar refractivity (Wildman–Crippen MR) is 94.3 cm³/mol. The average molecular weight is 327 g/mol. The van der Waals surface area contributed by atoms with E-state index in [0.29, 0.717) is 5.69 Å². The number of nitrogens with one attached hydrogen (secondary N) is 1. The van der Waals surface area contributed by atoms with Crippen molar-refractivity contribution >= 4 is 11.6 Å². The molecule has 0 saturated heterocycles. The predicted octanol–water partition coefficient (Wildman–Crippen LogP) is 3.48. The highest BCUT2D eigenvalue weighted by Crippen LogP contribution is 2.34. The fourth-order valence-corrected chi connectivity index (χ4v) is 3.26. The molecule has 1 atom stereocenters. The second-order valence-electron chi connectivity index (χ2n) is 7.62. The van der Waals surface area contributed by atoms with Crippen LogP contribution in [-0.2, 0) is 23.7 Å². The maximum atomic E-state index is 12.7. The fourth-order valence-electron chi connectivity index (χ4n) is 3.26. The maximum absolute atomic E-state index is 12.7. The van der Waals surface area contributed by atoms with Gasteiger partial charge >= 0.3 is 0 Å². The molecule has 1 heterocycles. The van der Waals surface area contributed by atoms with E-state index in [1.807, 2.05) is 19.3 Å². The van der Waals surface area contributed by atoms with Crippen molar-refractivity contribution in [3.05, 3.63) is 41.2 Å². The molecule has 24 heavy (non-hydrogen) atoms. The van der Waals surface area contributed by atoms with Gasteiger partial charge in [-0.25, -0.2) is 0 Å². The zero-order chi connectivity index (χ0) is 17.5. The van der Waals surface area contributed by atoms with E-state index in [1.54, 1.807) is 16.8 Å². The van der Waals surface area contributed by atoms with Crippen molar-refractivity contribution in [1.82, 2.24) is 9.78 Å². The first-order chi connectivity index (χ1) is 11.3. The second-order valence-corrected chi connectivity index (χ2v) is 7.62. The summed E-state index contributed by atoms with van der Waals surface area (Å²) in [7, 11) is 1.88. The Morgan fingerprint density at radius 3 is 2.79 bits per heavy atom. The van der Waals surface area contributed by atoms with E-state index in [1.165, 1.54) is 0 Å². The summed E-state index contributed by atoms with van der Waals surface area (Å²) in [6, 6.07) is 5.46. The molecule has 1 amide bonds. The van der Waals surface area contributed by atoms with Crippen LogP contribution >= 0.6 is 0 Å². The summed E-state index contributed by atoms with van der Waals surface area (Å²) in [6.45, 7) is 6.27. The summed E-state index contributed by atoms with van der Waals surface area (Å²) in [4.78, 5) is 12.7. The van der Waals surface area contributed by atoms with Gasteiger partial charge in [-0.15, -0.1) is 0 Å². The van der Waals surface area contributed by atoms with Crippen molar-refractivity contribution in [3.63, 3.8) is 0 Å². The zero-order valence-corrected chi connectivity index (χ0v) is 14.8. The molecule has 0 spiro atoms. The van der Waals surface area contributed by atoms with Gasteiger partial charge in [0.1, 0.15) is 5.75 Å².